The van der Waals surface area contributed by atoms with E-state index in [-0.39, 0.29) is 25.7 Å². The van der Waals surface area contributed by atoms with Crippen molar-refractivity contribution in [1.82, 2.24) is 10.2 Å². The Morgan fingerprint density at radius 1 is 1.10 bits per heavy atom. The Hall–Kier alpha value is -3.81. The average molecular weight is 424 g/mol. The maximum absolute atomic E-state index is 12.6. The summed E-state index contributed by atoms with van der Waals surface area (Å²) in [5, 5.41) is 11.8. The number of carboxylic acids is 1. The summed E-state index contributed by atoms with van der Waals surface area (Å²) in [6.07, 6.45) is -0.209. The molecule has 1 aliphatic rings. The lowest BCUT2D eigenvalue weighted by Gasteiger charge is -2.25. The normalized spacial score (nSPS) is 12.8. The van der Waals surface area contributed by atoms with Gasteiger partial charge in [0.25, 0.3) is 0 Å². The molecule has 162 valence electrons. The second-order valence-electron chi connectivity index (χ2n) is 7.04. The molecule has 2 amide bonds. The zero-order chi connectivity index (χ0) is 22.4. The van der Waals surface area contributed by atoms with E-state index in [0.29, 0.717) is 0 Å². The highest BCUT2D eigenvalue weighted by Crippen LogP contribution is 2.44. The molecule has 8 nitrogen and oxygen atoms in total. The van der Waals surface area contributed by atoms with Crippen LogP contribution in [0.1, 0.15) is 17.0 Å². The van der Waals surface area contributed by atoms with Crippen LogP contribution in [-0.4, -0.2) is 61.0 Å². The number of fused-ring (bicyclic) bond motifs is 3. The first-order valence-corrected chi connectivity index (χ1v) is 9.76. The van der Waals surface area contributed by atoms with E-state index in [9.17, 15) is 19.5 Å². The lowest BCUT2D eigenvalue weighted by Crippen LogP contribution is -2.49. The quantitative estimate of drug-likeness (QED) is 0.631. The summed E-state index contributed by atoms with van der Waals surface area (Å²) in [5.74, 6) is -1.42. The second-order valence-corrected chi connectivity index (χ2v) is 7.04. The molecule has 8 heteroatoms. The summed E-state index contributed by atoms with van der Waals surface area (Å²) in [7, 11) is 1.31. The SMILES string of the molecule is C=CCOC(=O)NC[C@H](C(=O)O)N(C)C(=O)OCC1c2ccccc2-c2ccccc21. The number of carbonyl (C=O) groups is 3. The largest absolute Gasteiger partial charge is 0.480 e. The number of hydrogen-bond acceptors (Lipinski definition) is 5. The van der Waals surface area contributed by atoms with Gasteiger partial charge in [-0.25, -0.2) is 14.4 Å². The molecule has 1 atom stereocenters. The molecule has 2 aromatic rings. The first kappa shape index (κ1) is 21.9. The summed E-state index contributed by atoms with van der Waals surface area (Å²) in [4.78, 5) is 36.7. The third-order valence-corrected chi connectivity index (χ3v) is 5.15. The van der Waals surface area contributed by atoms with E-state index in [1.165, 1.54) is 13.1 Å². The first-order chi connectivity index (χ1) is 14.9. The van der Waals surface area contributed by atoms with E-state index in [2.05, 4.69) is 11.9 Å². The molecule has 0 spiro atoms. The predicted octanol–water partition coefficient (Wildman–Crippen LogP) is 3.23. The molecule has 0 bridgehead atoms. The zero-order valence-electron chi connectivity index (χ0n) is 17.1. The molecule has 0 unspecified atom stereocenters. The lowest BCUT2D eigenvalue weighted by molar-refractivity contribution is -0.142. The Kier molecular flexibility index (Phi) is 6.92. The highest BCUT2D eigenvalue weighted by Gasteiger charge is 2.32. The van der Waals surface area contributed by atoms with Gasteiger partial charge in [0.05, 0.1) is 6.54 Å². The van der Waals surface area contributed by atoms with Crippen molar-refractivity contribution < 1.29 is 29.0 Å². The van der Waals surface area contributed by atoms with Gasteiger partial charge in [0.1, 0.15) is 19.3 Å². The average Bonchev–Trinajstić information content (AvgIpc) is 3.09. The van der Waals surface area contributed by atoms with Crippen molar-refractivity contribution in [3.8, 4) is 11.1 Å². The van der Waals surface area contributed by atoms with E-state index in [4.69, 9.17) is 9.47 Å². The minimum atomic E-state index is -1.31. The number of likely N-dealkylation sites (N-methyl/N-ethyl adjacent to an activating group) is 1. The van der Waals surface area contributed by atoms with Gasteiger partial charge >= 0.3 is 18.2 Å². The van der Waals surface area contributed by atoms with Crippen molar-refractivity contribution in [2.75, 3.05) is 26.8 Å². The van der Waals surface area contributed by atoms with Gasteiger partial charge in [-0.15, -0.1) is 0 Å². The molecule has 0 saturated heterocycles. The van der Waals surface area contributed by atoms with Crippen LogP contribution < -0.4 is 5.32 Å². The smallest absolute Gasteiger partial charge is 0.410 e. The maximum Gasteiger partial charge on any atom is 0.410 e. The number of benzene rings is 2. The number of rotatable bonds is 8. The zero-order valence-corrected chi connectivity index (χ0v) is 17.1. The van der Waals surface area contributed by atoms with Crippen molar-refractivity contribution in [2.45, 2.75) is 12.0 Å². The molecule has 2 N–H and O–H groups in total. The summed E-state index contributed by atoms with van der Waals surface area (Å²) in [5.41, 5.74) is 4.30. The highest BCUT2D eigenvalue weighted by molar-refractivity contribution is 5.81. The van der Waals surface area contributed by atoms with E-state index >= 15 is 0 Å². The van der Waals surface area contributed by atoms with Gasteiger partial charge in [0.2, 0.25) is 0 Å². The van der Waals surface area contributed by atoms with Crippen LogP contribution >= 0.6 is 0 Å². The molecule has 2 aromatic carbocycles. The molecule has 31 heavy (non-hydrogen) atoms. The number of carbonyl (C=O) groups excluding carboxylic acids is 2. The fraction of sp³-hybridized carbons (Fsp3) is 0.261. The summed E-state index contributed by atoms with van der Waals surface area (Å²) in [6, 6.07) is 14.5. The Morgan fingerprint density at radius 3 is 2.23 bits per heavy atom. The molecule has 0 heterocycles. The summed E-state index contributed by atoms with van der Waals surface area (Å²) in [6.45, 7) is 3.15. The van der Waals surface area contributed by atoms with Crippen molar-refractivity contribution in [3.05, 3.63) is 72.3 Å². The Labute approximate surface area is 180 Å². The van der Waals surface area contributed by atoms with Gasteiger partial charge in [0, 0.05) is 13.0 Å². The van der Waals surface area contributed by atoms with Crippen LogP contribution in [0.15, 0.2) is 61.2 Å². The Morgan fingerprint density at radius 2 is 1.68 bits per heavy atom. The van der Waals surface area contributed by atoms with Gasteiger partial charge in [-0.2, -0.15) is 0 Å². The van der Waals surface area contributed by atoms with Crippen LogP contribution in [-0.2, 0) is 14.3 Å². The topological polar surface area (TPSA) is 105 Å². The van der Waals surface area contributed by atoms with E-state index in [1.54, 1.807) is 0 Å². The van der Waals surface area contributed by atoms with Gasteiger partial charge < -0.3 is 19.9 Å². The maximum atomic E-state index is 12.6. The molecular formula is C23H24N2O6. The summed E-state index contributed by atoms with van der Waals surface area (Å²) >= 11 is 0. The van der Waals surface area contributed by atoms with Crippen LogP contribution in [0.4, 0.5) is 9.59 Å². The fourth-order valence-electron chi connectivity index (χ4n) is 3.58. The second kappa shape index (κ2) is 9.80. The first-order valence-electron chi connectivity index (χ1n) is 9.76. The number of nitrogens with one attached hydrogen (secondary N) is 1. The molecule has 0 aliphatic heterocycles. The minimum absolute atomic E-state index is 0.00815. The Balaban J connectivity index is 1.64. The van der Waals surface area contributed by atoms with E-state index < -0.39 is 24.2 Å². The molecule has 0 aromatic heterocycles. The van der Waals surface area contributed by atoms with Crippen LogP contribution in [0, 0.1) is 0 Å². The van der Waals surface area contributed by atoms with Crippen LogP contribution in [0.3, 0.4) is 0 Å². The number of carboxylic acid groups (broad SMARTS) is 1. The third kappa shape index (κ3) is 4.85. The van der Waals surface area contributed by atoms with Crippen molar-refractivity contribution in [2.24, 2.45) is 0 Å². The van der Waals surface area contributed by atoms with Crippen LogP contribution in [0.2, 0.25) is 0 Å². The third-order valence-electron chi connectivity index (χ3n) is 5.15. The van der Waals surface area contributed by atoms with Crippen molar-refractivity contribution in [3.63, 3.8) is 0 Å². The molecule has 0 fully saturated rings. The number of nitrogens with zero attached hydrogens (tertiary/aromatic N) is 1. The molecule has 3 rings (SSSR count). The van der Waals surface area contributed by atoms with E-state index in [0.717, 1.165) is 27.2 Å². The predicted molar refractivity (Wildman–Crippen MR) is 114 cm³/mol. The number of hydrogen-bond donors (Lipinski definition) is 2. The Bertz CT molecular complexity index is 944. The van der Waals surface area contributed by atoms with Gasteiger partial charge in [-0.3, -0.25) is 4.90 Å². The van der Waals surface area contributed by atoms with Crippen molar-refractivity contribution in [1.29, 1.82) is 0 Å². The summed E-state index contributed by atoms with van der Waals surface area (Å²) < 4.78 is 10.2. The highest BCUT2D eigenvalue weighted by atomic mass is 16.6. The van der Waals surface area contributed by atoms with E-state index in [1.807, 2.05) is 48.5 Å². The number of aliphatic carboxylic acids is 1. The van der Waals surface area contributed by atoms with Gasteiger partial charge in [-0.05, 0) is 22.3 Å². The standard InChI is InChI=1S/C23H24N2O6/c1-3-12-30-22(28)24-13-20(21(26)27)25(2)23(29)31-14-19-17-10-6-4-8-15(17)16-9-5-7-11-18(16)19/h3-11,19-20H,1,12-14H2,2H3,(H,24,28)(H,26,27)/t20-/m1/s1. The fourth-order valence-corrected chi connectivity index (χ4v) is 3.58. The molecule has 0 radical (unpaired) electrons. The molecular weight excluding hydrogens is 400 g/mol. The number of alkyl carbamates (subject to hydrolysis) is 1. The van der Waals surface area contributed by atoms with Crippen molar-refractivity contribution >= 4 is 18.2 Å². The monoisotopic (exact) mass is 424 g/mol. The molecule has 1 aliphatic carbocycles. The molecule has 0 saturated carbocycles. The number of amides is 2. The van der Waals surface area contributed by atoms with Gasteiger partial charge in [-0.1, -0.05) is 61.2 Å². The minimum Gasteiger partial charge on any atom is -0.480 e. The van der Waals surface area contributed by atoms with Gasteiger partial charge in [0.15, 0.2) is 0 Å². The van der Waals surface area contributed by atoms with Crippen LogP contribution in [0.5, 0.6) is 0 Å². The van der Waals surface area contributed by atoms with Crippen LogP contribution in [0.25, 0.3) is 11.1 Å². The lowest BCUT2D eigenvalue weighted by atomic mass is 9.98. The number of ether oxygens (including phenoxy) is 2.